The van der Waals surface area contributed by atoms with Crippen LogP contribution in [0.2, 0.25) is 5.02 Å². The number of nitrogens with one attached hydrogen (secondary N) is 3. The minimum Gasteiger partial charge on any atom is -0.387 e. The van der Waals surface area contributed by atoms with Crippen molar-refractivity contribution in [2.75, 3.05) is 18.9 Å². The SMILES string of the molecule is CNc1ccc(Cl)cc1C(=O)NCC1CCC(=O)N1. The van der Waals surface area contributed by atoms with Crippen molar-refractivity contribution in [1.82, 2.24) is 10.6 Å². The molecule has 1 heterocycles. The van der Waals surface area contributed by atoms with Gasteiger partial charge in [0.25, 0.3) is 5.91 Å². The fraction of sp³-hybridized carbons (Fsp3) is 0.385. The van der Waals surface area contributed by atoms with E-state index in [0.717, 1.165) is 12.1 Å². The Morgan fingerprint density at radius 3 is 2.95 bits per heavy atom. The first-order valence-corrected chi connectivity index (χ1v) is 6.53. The van der Waals surface area contributed by atoms with Gasteiger partial charge in [-0.2, -0.15) is 0 Å². The van der Waals surface area contributed by atoms with Crippen molar-refractivity contribution in [1.29, 1.82) is 0 Å². The lowest BCUT2D eigenvalue weighted by molar-refractivity contribution is -0.119. The summed E-state index contributed by atoms with van der Waals surface area (Å²) in [7, 11) is 1.75. The second-order valence-electron chi connectivity index (χ2n) is 4.45. The molecule has 1 atom stereocenters. The molecule has 1 aliphatic heterocycles. The van der Waals surface area contributed by atoms with Crippen molar-refractivity contribution >= 4 is 29.1 Å². The number of carbonyl (C=O) groups is 2. The van der Waals surface area contributed by atoms with Crippen molar-refractivity contribution < 1.29 is 9.59 Å². The summed E-state index contributed by atoms with van der Waals surface area (Å²) in [6.45, 7) is 0.431. The first kappa shape index (κ1) is 13.7. The zero-order chi connectivity index (χ0) is 13.8. The smallest absolute Gasteiger partial charge is 0.253 e. The summed E-state index contributed by atoms with van der Waals surface area (Å²) in [6.07, 6.45) is 1.28. The van der Waals surface area contributed by atoms with Crippen molar-refractivity contribution in [3.63, 3.8) is 0 Å². The molecule has 1 saturated heterocycles. The normalized spacial score (nSPS) is 18.0. The lowest BCUT2D eigenvalue weighted by Crippen LogP contribution is -2.38. The van der Waals surface area contributed by atoms with Crippen molar-refractivity contribution in [2.24, 2.45) is 0 Å². The van der Waals surface area contributed by atoms with E-state index in [1.807, 2.05) is 0 Å². The minimum absolute atomic E-state index is 0.0219. The number of rotatable bonds is 4. The number of hydrogen-bond donors (Lipinski definition) is 3. The summed E-state index contributed by atoms with van der Waals surface area (Å²) in [4.78, 5) is 23.2. The molecule has 2 rings (SSSR count). The van der Waals surface area contributed by atoms with Crippen LogP contribution < -0.4 is 16.0 Å². The molecule has 3 N–H and O–H groups in total. The first-order chi connectivity index (χ1) is 9.10. The number of halogens is 1. The summed E-state index contributed by atoms with van der Waals surface area (Å²) in [5.74, 6) is -0.161. The van der Waals surface area contributed by atoms with Gasteiger partial charge >= 0.3 is 0 Å². The number of hydrogen-bond acceptors (Lipinski definition) is 3. The van der Waals surface area contributed by atoms with Gasteiger partial charge in [-0.15, -0.1) is 0 Å². The highest BCUT2D eigenvalue weighted by Gasteiger charge is 2.21. The van der Waals surface area contributed by atoms with E-state index in [2.05, 4.69) is 16.0 Å². The highest BCUT2D eigenvalue weighted by atomic mass is 35.5. The van der Waals surface area contributed by atoms with Crippen LogP contribution in [0.1, 0.15) is 23.2 Å². The van der Waals surface area contributed by atoms with Crippen LogP contribution in [0.5, 0.6) is 0 Å². The van der Waals surface area contributed by atoms with Gasteiger partial charge < -0.3 is 16.0 Å². The Morgan fingerprint density at radius 1 is 1.53 bits per heavy atom. The van der Waals surface area contributed by atoms with Crippen LogP contribution in [0, 0.1) is 0 Å². The molecule has 5 nitrogen and oxygen atoms in total. The predicted molar refractivity (Wildman–Crippen MR) is 74.5 cm³/mol. The lowest BCUT2D eigenvalue weighted by Gasteiger charge is -2.13. The van der Waals surface area contributed by atoms with E-state index < -0.39 is 0 Å². The maximum atomic E-state index is 12.1. The topological polar surface area (TPSA) is 70.2 Å². The van der Waals surface area contributed by atoms with E-state index in [4.69, 9.17) is 11.6 Å². The van der Waals surface area contributed by atoms with E-state index in [9.17, 15) is 9.59 Å². The van der Waals surface area contributed by atoms with Gasteiger partial charge in [-0.3, -0.25) is 9.59 Å². The molecule has 102 valence electrons. The van der Waals surface area contributed by atoms with Crippen molar-refractivity contribution in [3.05, 3.63) is 28.8 Å². The van der Waals surface area contributed by atoms with Crippen LogP contribution in [-0.2, 0) is 4.79 Å². The Labute approximate surface area is 116 Å². The fourth-order valence-corrected chi connectivity index (χ4v) is 2.24. The zero-order valence-corrected chi connectivity index (χ0v) is 11.4. The molecule has 2 amide bonds. The highest BCUT2D eigenvalue weighted by Crippen LogP contribution is 2.20. The van der Waals surface area contributed by atoms with Crippen LogP contribution in [0.3, 0.4) is 0 Å². The van der Waals surface area contributed by atoms with Crippen molar-refractivity contribution in [3.8, 4) is 0 Å². The average Bonchev–Trinajstić information content (AvgIpc) is 2.81. The van der Waals surface area contributed by atoms with Gasteiger partial charge in [-0.1, -0.05) is 11.6 Å². The molecule has 0 bridgehead atoms. The monoisotopic (exact) mass is 281 g/mol. The zero-order valence-electron chi connectivity index (χ0n) is 10.6. The minimum atomic E-state index is -0.201. The molecule has 1 aromatic rings. The predicted octanol–water partition coefficient (Wildman–Crippen LogP) is 1.39. The second-order valence-corrected chi connectivity index (χ2v) is 4.89. The standard InChI is InChI=1S/C13H16ClN3O2/c1-15-11-4-2-8(14)6-10(11)13(19)16-7-9-3-5-12(18)17-9/h2,4,6,9,15H,3,5,7H2,1H3,(H,16,19)(H,17,18). The molecule has 1 aliphatic rings. The van der Waals surface area contributed by atoms with Gasteiger partial charge in [0.2, 0.25) is 5.91 Å². The number of amides is 2. The first-order valence-electron chi connectivity index (χ1n) is 6.15. The van der Waals surface area contributed by atoms with E-state index in [0.29, 0.717) is 23.6 Å². The highest BCUT2D eigenvalue weighted by molar-refractivity contribution is 6.31. The van der Waals surface area contributed by atoms with Gasteiger partial charge in [-0.05, 0) is 24.6 Å². The third-order valence-electron chi connectivity index (χ3n) is 3.09. The summed E-state index contributed by atoms with van der Waals surface area (Å²) in [6, 6.07) is 5.12. The van der Waals surface area contributed by atoms with E-state index in [1.165, 1.54) is 0 Å². The molecule has 1 unspecified atom stereocenters. The van der Waals surface area contributed by atoms with Crippen LogP contribution in [0.4, 0.5) is 5.69 Å². The number of anilines is 1. The Hall–Kier alpha value is -1.75. The maximum absolute atomic E-state index is 12.1. The van der Waals surface area contributed by atoms with Crippen LogP contribution in [0.15, 0.2) is 18.2 Å². The average molecular weight is 282 g/mol. The fourth-order valence-electron chi connectivity index (χ4n) is 2.06. The maximum Gasteiger partial charge on any atom is 0.253 e. The van der Waals surface area contributed by atoms with Crippen LogP contribution in [0.25, 0.3) is 0 Å². The van der Waals surface area contributed by atoms with E-state index in [-0.39, 0.29) is 17.9 Å². The Bertz CT molecular complexity index is 505. The second kappa shape index (κ2) is 5.93. The van der Waals surface area contributed by atoms with Crippen LogP contribution >= 0.6 is 11.6 Å². The third-order valence-corrected chi connectivity index (χ3v) is 3.32. The Kier molecular flexibility index (Phi) is 4.27. The van der Waals surface area contributed by atoms with Gasteiger partial charge in [-0.25, -0.2) is 0 Å². The molecular formula is C13H16ClN3O2. The van der Waals surface area contributed by atoms with Crippen molar-refractivity contribution in [2.45, 2.75) is 18.9 Å². The largest absolute Gasteiger partial charge is 0.387 e. The molecule has 19 heavy (non-hydrogen) atoms. The Morgan fingerprint density at radius 2 is 2.32 bits per heavy atom. The molecule has 0 radical (unpaired) electrons. The van der Waals surface area contributed by atoms with E-state index in [1.54, 1.807) is 25.2 Å². The molecule has 6 heteroatoms. The summed E-state index contributed by atoms with van der Waals surface area (Å²) < 4.78 is 0. The number of benzene rings is 1. The summed E-state index contributed by atoms with van der Waals surface area (Å²) in [5.41, 5.74) is 1.22. The van der Waals surface area contributed by atoms with Gasteiger partial charge in [0.05, 0.1) is 5.56 Å². The van der Waals surface area contributed by atoms with E-state index >= 15 is 0 Å². The van der Waals surface area contributed by atoms with Gasteiger partial charge in [0.1, 0.15) is 0 Å². The molecule has 0 aromatic heterocycles. The van der Waals surface area contributed by atoms with Crippen LogP contribution in [-0.4, -0.2) is 31.4 Å². The van der Waals surface area contributed by atoms with Gasteiger partial charge in [0, 0.05) is 36.8 Å². The molecule has 0 saturated carbocycles. The molecule has 0 aliphatic carbocycles. The quantitative estimate of drug-likeness (QED) is 0.781. The lowest BCUT2D eigenvalue weighted by atomic mass is 10.1. The summed E-state index contributed by atoms with van der Waals surface area (Å²) >= 11 is 5.90. The molecular weight excluding hydrogens is 266 g/mol. The van der Waals surface area contributed by atoms with Gasteiger partial charge in [0.15, 0.2) is 0 Å². The molecule has 0 spiro atoms. The summed E-state index contributed by atoms with van der Waals surface area (Å²) in [5, 5.41) is 9.08. The number of carbonyl (C=O) groups excluding carboxylic acids is 2. The molecule has 1 aromatic carbocycles. The molecule has 1 fully saturated rings. The third kappa shape index (κ3) is 3.38. The Balaban J connectivity index is 1.99.